The molecule has 0 radical (unpaired) electrons. The topological polar surface area (TPSA) is 92.1 Å². The van der Waals surface area contributed by atoms with Gasteiger partial charge in [-0.15, -0.1) is 0 Å². The van der Waals surface area contributed by atoms with Gasteiger partial charge < -0.3 is 14.4 Å². The lowest BCUT2D eigenvalue weighted by Gasteiger charge is -2.32. The first kappa shape index (κ1) is 20.1. The van der Waals surface area contributed by atoms with Crippen molar-refractivity contribution in [2.45, 2.75) is 19.3 Å². The Labute approximate surface area is 182 Å². The Morgan fingerprint density at radius 3 is 2.88 bits per heavy atom. The van der Waals surface area contributed by atoms with Crippen molar-refractivity contribution in [3.05, 3.63) is 82.2 Å². The highest BCUT2D eigenvalue weighted by atomic mass is 19.1. The van der Waals surface area contributed by atoms with Crippen molar-refractivity contribution in [3.63, 3.8) is 0 Å². The normalized spacial score (nSPS) is 16.4. The number of nitrogens with one attached hydrogen (secondary N) is 1. The van der Waals surface area contributed by atoms with Crippen LogP contribution < -0.4 is 5.56 Å². The van der Waals surface area contributed by atoms with Crippen molar-refractivity contribution in [1.82, 2.24) is 20.0 Å². The Bertz CT molecular complexity index is 1350. The number of fused-ring (bicyclic) bond motifs is 1. The summed E-state index contributed by atoms with van der Waals surface area (Å²) in [6, 6.07) is 15.0. The minimum absolute atomic E-state index is 0.134. The number of halogens is 1. The van der Waals surface area contributed by atoms with Gasteiger partial charge in [-0.2, -0.15) is 4.98 Å². The monoisotopic (exact) mass is 432 g/mol. The first-order valence-electron chi connectivity index (χ1n) is 10.6. The number of piperidine rings is 1. The first-order chi connectivity index (χ1) is 15.6. The van der Waals surface area contributed by atoms with Crippen LogP contribution in [0.2, 0.25) is 0 Å². The zero-order valence-corrected chi connectivity index (χ0v) is 17.3. The van der Waals surface area contributed by atoms with Crippen molar-refractivity contribution >= 4 is 16.8 Å². The van der Waals surface area contributed by atoms with Crippen molar-refractivity contribution < 1.29 is 13.7 Å². The van der Waals surface area contributed by atoms with Gasteiger partial charge in [-0.3, -0.25) is 9.59 Å². The molecular formula is C24H21FN4O3. The maximum absolute atomic E-state index is 14.0. The number of para-hydroxylation sites is 1. The molecule has 1 saturated heterocycles. The molecule has 1 aliphatic rings. The Morgan fingerprint density at radius 2 is 2.00 bits per heavy atom. The second-order valence-electron chi connectivity index (χ2n) is 8.05. The van der Waals surface area contributed by atoms with E-state index in [9.17, 15) is 14.0 Å². The second-order valence-corrected chi connectivity index (χ2v) is 8.05. The van der Waals surface area contributed by atoms with Crippen LogP contribution in [0.1, 0.15) is 29.1 Å². The van der Waals surface area contributed by atoms with Gasteiger partial charge in [-0.25, -0.2) is 4.39 Å². The molecule has 1 aliphatic heterocycles. The summed E-state index contributed by atoms with van der Waals surface area (Å²) in [5, 5.41) is 4.64. The molecule has 162 valence electrons. The number of likely N-dealkylation sites (tertiary alicyclic amines) is 1. The molecule has 0 bridgehead atoms. The number of aromatic nitrogens is 3. The molecule has 0 spiro atoms. The average molecular weight is 432 g/mol. The average Bonchev–Trinajstić information content (AvgIpc) is 3.26. The maximum Gasteiger partial charge on any atom is 0.254 e. The van der Waals surface area contributed by atoms with E-state index >= 15 is 0 Å². The molecule has 1 fully saturated rings. The number of hydrogen-bond acceptors (Lipinski definition) is 5. The number of rotatable bonds is 4. The molecule has 2 aromatic carbocycles. The summed E-state index contributed by atoms with van der Waals surface area (Å²) in [5.74, 6) is 0.213. The van der Waals surface area contributed by atoms with E-state index < -0.39 is 5.82 Å². The molecule has 0 aliphatic carbocycles. The maximum atomic E-state index is 14.0. The minimum atomic E-state index is -0.403. The molecule has 8 heteroatoms. The number of aromatic amines is 1. The number of hydrogen-bond donors (Lipinski definition) is 1. The fraction of sp³-hybridized carbons (Fsp3) is 0.250. The summed E-state index contributed by atoms with van der Waals surface area (Å²) in [6.07, 6.45) is 2.25. The van der Waals surface area contributed by atoms with Crippen molar-refractivity contribution in [3.8, 4) is 11.4 Å². The highest BCUT2D eigenvalue weighted by Gasteiger charge is 2.27. The largest absolute Gasteiger partial charge is 0.339 e. The van der Waals surface area contributed by atoms with E-state index in [-0.39, 0.29) is 23.2 Å². The summed E-state index contributed by atoms with van der Waals surface area (Å²) in [4.78, 5) is 34.2. The molecule has 1 amide bonds. The standard InChI is InChI=1S/C24H21FN4O3/c25-19-9-3-1-8-17(19)23-27-22(32-28-23)12-15-6-5-11-29(14-15)24(31)18-13-21(30)26-20-10-4-2-7-16(18)20/h1-4,7-10,13,15H,5-6,11-12,14H2,(H,26,30)/t15-/m0/s1. The molecule has 1 N–H and O–H groups in total. The van der Waals surface area contributed by atoms with Crippen LogP contribution >= 0.6 is 0 Å². The smallest absolute Gasteiger partial charge is 0.254 e. The SMILES string of the molecule is O=C(c1cc(=O)[nH]c2ccccc12)N1CCC[C@@H](Cc2nc(-c3ccccc3F)no2)C1. The van der Waals surface area contributed by atoms with Crippen LogP contribution in [0.5, 0.6) is 0 Å². The van der Waals surface area contributed by atoms with E-state index in [0.29, 0.717) is 42.0 Å². The predicted octanol–water partition coefficient (Wildman–Crippen LogP) is 3.81. The first-order valence-corrected chi connectivity index (χ1v) is 10.6. The van der Waals surface area contributed by atoms with Crippen molar-refractivity contribution in [2.24, 2.45) is 5.92 Å². The van der Waals surface area contributed by atoms with Crippen molar-refractivity contribution in [1.29, 1.82) is 0 Å². The van der Waals surface area contributed by atoms with Gasteiger partial charge in [0, 0.05) is 36.5 Å². The van der Waals surface area contributed by atoms with Crippen LogP contribution in [0.3, 0.4) is 0 Å². The van der Waals surface area contributed by atoms with Crippen LogP contribution in [0.4, 0.5) is 4.39 Å². The second kappa shape index (κ2) is 8.37. The molecule has 32 heavy (non-hydrogen) atoms. The summed E-state index contributed by atoms with van der Waals surface area (Å²) < 4.78 is 19.3. The third-order valence-corrected chi connectivity index (χ3v) is 5.83. The van der Waals surface area contributed by atoms with E-state index in [1.165, 1.54) is 12.1 Å². The Morgan fingerprint density at radius 1 is 1.19 bits per heavy atom. The minimum Gasteiger partial charge on any atom is -0.339 e. The molecule has 1 atom stereocenters. The van der Waals surface area contributed by atoms with Crippen molar-refractivity contribution in [2.75, 3.05) is 13.1 Å². The van der Waals surface area contributed by atoms with E-state index in [2.05, 4.69) is 15.1 Å². The zero-order chi connectivity index (χ0) is 22.1. The zero-order valence-electron chi connectivity index (χ0n) is 17.3. The lowest BCUT2D eigenvalue weighted by atomic mass is 9.94. The number of pyridine rings is 1. The fourth-order valence-electron chi connectivity index (χ4n) is 4.30. The highest BCUT2D eigenvalue weighted by Crippen LogP contribution is 2.25. The molecule has 5 rings (SSSR count). The quantitative estimate of drug-likeness (QED) is 0.529. The molecule has 4 aromatic rings. The van der Waals surface area contributed by atoms with Crippen LogP contribution in [-0.2, 0) is 6.42 Å². The Kier molecular flexibility index (Phi) is 5.26. The van der Waals surface area contributed by atoms with E-state index in [4.69, 9.17) is 4.52 Å². The molecular weight excluding hydrogens is 411 g/mol. The highest BCUT2D eigenvalue weighted by molar-refractivity contribution is 6.05. The fourth-order valence-corrected chi connectivity index (χ4v) is 4.30. The molecule has 3 heterocycles. The number of benzene rings is 2. The summed E-state index contributed by atoms with van der Waals surface area (Å²) >= 11 is 0. The van der Waals surface area contributed by atoms with Gasteiger partial charge in [0.25, 0.3) is 5.91 Å². The van der Waals surface area contributed by atoms with Gasteiger partial charge in [0.05, 0.1) is 11.1 Å². The molecule has 0 unspecified atom stereocenters. The Hall–Kier alpha value is -3.81. The van der Waals surface area contributed by atoms with Gasteiger partial charge in [0.2, 0.25) is 17.3 Å². The molecule has 7 nitrogen and oxygen atoms in total. The van der Waals surface area contributed by atoms with Crippen LogP contribution in [0.25, 0.3) is 22.3 Å². The van der Waals surface area contributed by atoms with Gasteiger partial charge >= 0.3 is 0 Å². The van der Waals surface area contributed by atoms with Gasteiger partial charge in [0.15, 0.2) is 0 Å². The lowest BCUT2D eigenvalue weighted by molar-refractivity contribution is 0.0670. The lowest BCUT2D eigenvalue weighted by Crippen LogP contribution is -2.41. The Balaban J connectivity index is 1.33. The third kappa shape index (κ3) is 3.91. The molecule has 2 aromatic heterocycles. The number of H-pyrrole nitrogens is 1. The number of carbonyl (C=O) groups excluding carboxylic acids is 1. The molecule has 0 saturated carbocycles. The van der Waals surface area contributed by atoms with Gasteiger partial charge in [-0.1, -0.05) is 35.5 Å². The van der Waals surface area contributed by atoms with E-state index in [1.54, 1.807) is 29.2 Å². The van der Waals surface area contributed by atoms with Gasteiger partial charge in [-0.05, 0) is 37.0 Å². The summed E-state index contributed by atoms with van der Waals surface area (Å²) in [7, 11) is 0. The number of nitrogens with zero attached hydrogens (tertiary/aromatic N) is 3. The van der Waals surface area contributed by atoms with Crippen LogP contribution in [-0.4, -0.2) is 39.0 Å². The summed E-state index contributed by atoms with van der Waals surface area (Å²) in [5.41, 5.74) is 1.05. The van der Waals surface area contributed by atoms with Gasteiger partial charge in [0.1, 0.15) is 5.82 Å². The van der Waals surface area contributed by atoms with Crippen LogP contribution in [0, 0.1) is 11.7 Å². The van der Waals surface area contributed by atoms with E-state index in [0.717, 1.165) is 18.2 Å². The number of carbonyl (C=O) groups is 1. The predicted molar refractivity (Wildman–Crippen MR) is 117 cm³/mol. The van der Waals surface area contributed by atoms with Crippen LogP contribution in [0.15, 0.2) is 63.9 Å². The number of amides is 1. The third-order valence-electron chi connectivity index (χ3n) is 5.83. The summed E-state index contributed by atoms with van der Waals surface area (Å²) in [6.45, 7) is 1.15. The van der Waals surface area contributed by atoms with E-state index in [1.807, 2.05) is 18.2 Å².